The summed E-state index contributed by atoms with van der Waals surface area (Å²) in [7, 11) is 0. The Morgan fingerprint density at radius 2 is 1.86 bits per heavy atom. The maximum absolute atomic E-state index is 13.9. The molecule has 3 aromatic rings. The van der Waals surface area contributed by atoms with Crippen molar-refractivity contribution in [2.45, 2.75) is 78.0 Å². The van der Waals surface area contributed by atoms with Crippen LogP contribution >= 0.6 is 0 Å². The predicted molar refractivity (Wildman–Crippen MR) is 156 cm³/mol. The minimum atomic E-state index is -0.888. The number of carbonyl (C=O) groups is 3. The Kier molecular flexibility index (Phi) is 8.47. The molecule has 3 heterocycles. The summed E-state index contributed by atoms with van der Waals surface area (Å²) < 4.78 is 7.80. The lowest BCUT2D eigenvalue weighted by Crippen LogP contribution is -2.57. The van der Waals surface area contributed by atoms with Gasteiger partial charge in [0, 0.05) is 37.6 Å². The number of hydrogen-bond donors (Lipinski definition) is 3. The van der Waals surface area contributed by atoms with E-state index in [4.69, 9.17) is 4.74 Å². The van der Waals surface area contributed by atoms with Gasteiger partial charge < -0.3 is 29.9 Å². The molecule has 0 aliphatic carbocycles. The van der Waals surface area contributed by atoms with Crippen LogP contribution in [0, 0.1) is 12.3 Å². The van der Waals surface area contributed by atoms with Crippen molar-refractivity contribution in [2.24, 2.45) is 5.41 Å². The van der Waals surface area contributed by atoms with E-state index in [1.807, 2.05) is 87.0 Å². The van der Waals surface area contributed by atoms with Gasteiger partial charge in [0.05, 0.1) is 25.2 Å². The van der Waals surface area contributed by atoms with Crippen LogP contribution in [0.2, 0.25) is 0 Å². The zero-order chi connectivity index (χ0) is 30.0. The fourth-order valence-corrected chi connectivity index (χ4v) is 5.67. The largest absolute Gasteiger partial charge is 0.391 e. The Morgan fingerprint density at radius 3 is 2.55 bits per heavy atom. The lowest BCUT2D eigenvalue weighted by Gasteiger charge is -2.35. The first-order valence-electron chi connectivity index (χ1n) is 14.4. The van der Waals surface area contributed by atoms with E-state index in [1.54, 1.807) is 6.20 Å². The number of aryl methyl sites for hydroxylation is 1. The second-order valence-electron chi connectivity index (χ2n) is 12.2. The van der Waals surface area contributed by atoms with Crippen LogP contribution < -0.4 is 10.6 Å². The number of aromatic nitrogens is 2. The molecule has 0 spiro atoms. The molecule has 3 N–H and O–H groups in total. The molecular formula is C32H39N5O5. The minimum Gasteiger partial charge on any atom is -0.391 e. The number of rotatable bonds is 8. The Morgan fingerprint density at radius 1 is 1.12 bits per heavy atom. The highest BCUT2D eigenvalue weighted by atomic mass is 16.5. The summed E-state index contributed by atoms with van der Waals surface area (Å²) in [6.07, 6.45) is 2.64. The Balaban J connectivity index is 1.22. The number of nitrogens with zero attached hydrogens (tertiary/aromatic N) is 3. The molecule has 2 aliphatic heterocycles. The first-order chi connectivity index (χ1) is 20.0. The summed E-state index contributed by atoms with van der Waals surface area (Å²) in [6, 6.07) is 13.8. The molecule has 1 aromatic heterocycles. The van der Waals surface area contributed by atoms with E-state index in [0.29, 0.717) is 6.61 Å². The lowest BCUT2D eigenvalue weighted by atomic mass is 9.85. The van der Waals surface area contributed by atoms with E-state index in [-0.39, 0.29) is 49.8 Å². The average molecular weight is 574 g/mol. The van der Waals surface area contributed by atoms with Crippen molar-refractivity contribution in [3.05, 3.63) is 83.4 Å². The Bertz CT molecular complexity index is 1440. The molecule has 1 fully saturated rings. The fourth-order valence-electron chi connectivity index (χ4n) is 5.67. The van der Waals surface area contributed by atoms with Gasteiger partial charge in [0.2, 0.25) is 17.7 Å². The summed E-state index contributed by atoms with van der Waals surface area (Å²) in [5, 5.41) is 16.3. The number of fused-ring (bicyclic) bond motifs is 1. The first-order valence-corrected chi connectivity index (χ1v) is 14.4. The van der Waals surface area contributed by atoms with E-state index in [2.05, 4.69) is 15.6 Å². The van der Waals surface area contributed by atoms with Crippen molar-refractivity contribution >= 4 is 17.7 Å². The van der Waals surface area contributed by atoms with Crippen LogP contribution in [0.25, 0.3) is 5.69 Å². The van der Waals surface area contributed by atoms with Gasteiger partial charge in [-0.15, -0.1) is 0 Å². The van der Waals surface area contributed by atoms with Gasteiger partial charge in [-0.3, -0.25) is 14.4 Å². The predicted octanol–water partition coefficient (Wildman–Crippen LogP) is 2.95. The molecule has 0 bridgehead atoms. The molecule has 2 aliphatic rings. The van der Waals surface area contributed by atoms with E-state index < -0.39 is 23.6 Å². The van der Waals surface area contributed by atoms with Crippen molar-refractivity contribution in [1.82, 2.24) is 25.1 Å². The molecule has 10 heteroatoms. The monoisotopic (exact) mass is 573 g/mol. The van der Waals surface area contributed by atoms with Crippen molar-refractivity contribution in [1.29, 1.82) is 0 Å². The molecule has 2 aromatic carbocycles. The Labute approximate surface area is 246 Å². The van der Waals surface area contributed by atoms with E-state index >= 15 is 0 Å². The first kappa shape index (κ1) is 29.5. The molecule has 42 heavy (non-hydrogen) atoms. The molecule has 222 valence electrons. The average Bonchev–Trinajstić information content (AvgIpc) is 3.68. The third-order valence-electron chi connectivity index (χ3n) is 8.00. The summed E-state index contributed by atoms with van der Waals surface area (Å²) in [6.45, 7) is 8.29. The van der Waals surface area contributed by atoms with Gasteiger partial charge in [-0.1, -0.05) is 57.2 Å². The SMILES string of the molecule is Cc1nccn1-c1ccc(CNC(=O)[C@@H]2C[C@@H](O)CN2C(=O)[C@@H](NC(=O)CC2OCc3ccccc32)C(C)(C)C)cc1. The van der Waals surface area contributed by atoms with Crippen molar-refractivity contribution in [3.8, 4) is 5.69 Å². The molecule has 0 saturated carbocycles. The molecule has 3 amide bonds. The lowest BCUT2D eigenvalue weighted by molar-refractivity contribution is -0.144. The van der Waals surface area contributed by atoms with Crippen LogP contribution in [-0.2, 0) is 32.3 Å². The highest BCUT2D eigenvalue weighted by Gasteiger charge is 2.44. The zero-order valence-electron chi connectivity index (χ0n) is 24.5. The van der Waals surface area contributed by atoms with E-state index in [9.17, 15) is 19.5 Å². The smallest absolute Gasteiger partial charge is 0.246 e. The van der Waals surface area contributed by atoms with Gasteiger partial charge in [0.15, 0.2) is 0 Å². The number of hydrogen-bond acceptors (Lipinski definition) is 6. The number of aliphatic hydroxyl groups excluding tert-OH is 1. The number of amides is 3. The maximum atomic E-state index is 13.9. The third-order valence-corrected chi connectivity index (χ3v) is 8.00. The summed E-state index contributed by atoms with van der Waals surface area (Å²) in [5.41, 5.74) is 3.28. The van der Waals surface area contributed by atoms with Gasteiger partial charge in [-0.05, 0) is 41.2 Å². The minimum absolute atomic E-state index is 0.0252. The highest BCUT2D eigenvalue weighted by molar-refractivity contribution is 5.93. The number of imidazole rings is 1. The van der Waals surface area contributed by atoms with Crippen molar-refractivity contribution < 1.29 is 24.2 Å². The molecule has 5 rings (SSSR count). The number of carbonyl (C=O) groups excluding carboxylic acids is 3. The number of nitrogens with one attached hydrogen (secondary N) is 2. The second kappa shape index (κ2) is 12.1. The quantitative estimate of drug-likeness (QED) is 0.381. The van der Waals surface area contributed by atoms with Crippen molar-refractivity contribution in [3.63, 3.8) is 0 Å². The number of β-amino-alcohol motifs (C(OH)–C–C–N with tert-alkyl or cyclic N) is 1. The molecule has 1 saturated heterocycles. The molecular weight excluding hydrogens is 534 g/mol. The van der Waals surface area contributed by atoms with Crippen LogP contribution in [0.3, 0.4) is 0 Å². The van der Waals surface area contributed by atoms with Crippen LogP contribution in [-0.4, -0.2) is 62.0 Å². The molecule has 4 atom stereocenters. The van der Waals surface area contributed by atoms with Gasteiger partial charge in [0.25, 0.3) is 0 Å². The van der Waals surface area contributed by atoms with Crippen molar-refractivity contribution in [2.75, 3.05) is 6.54 Å². The van der Waals surface area contributed by atoms with Gasteiger partial charge in [0.1, 0.15) is 17.9 Å². The summed E-state index contributed by atoms with van der Waals surface area (Å²) >= 11 is 0. The fraction of sp³-hybridized carbons (Fsp3) is 0.438. The normalized spacial score (nSPS) is 20.7. The molecule has 1 unspecified atom stereocenters. The molecule has 0 radical (unpaired) electrons. The van der Waals surface area contributed by atoms with Crippen LogP contribution in [0.4, 0.5) is 0 Å². The highest BCUT2D eigenvalue weighted by Crippen LogP contribution is 2.33. The zero-order valence-corrected chi connectivity index (χ0v) is 24.5. The Hall–Kier alpha value is -4.02. The summed E-state index contributed by atoms with van der Waals surface area (Å²) in [4.78, 5) is 45.9. The van der Waals surface area contributed by atoms with Crippen LogP contribution in [0.1, 0.15) is 62.2 Å². The summed E-state index contributed by atoms with van der Waals surface area (Å²) in [5.74, 6) is -0.160. The standard InChI is InChI=1S/C32H39N5O5/c1-20-33-13-14-36(20)23-11-9-21(10-12-23)17-34-30(40)26-15-24(38)18-37(26)31(41)29(32(2,3)4)35-28(39)16-27-25-8-6-5-7-22(25)19-42-27/h5-14,24,26-27,29,38H,15-19H2,1-4H3,(H,34,40)(H,35,39)/t24-,26+,27?,29-/m1/s1. The number of benzene rings is 2. The van der Waals surface area contributed by atoms with Crippen LogP contribution in [0.5, 0.6) is 0 Å². The van der Waals surface area contributed by atoms with E-state index in [1.165, 1.54) is 4.90 Å². The number of aliphatic hydroxyl groups is 1. The van der Waals surface area contributed by atoms with E-state index in [0.717, 1.165) is 28.2 Å². The third kappa shape index (κ3) is 6.39. The van der Waals surface area contributed by atoms with Gasteiger partial charge >= 0.3 is 0 Å². The molecule has 10 nitrogen and oxygen atoms in total. The topological polar surface area (TPSA) is 126 Å². The number of likely N-dealkylation sites (tertiary alicyclic amines) is 1. The second-order valence-corrected chi connectivity index (χ2v) is 12.2. The number of ether oxygens (including phenoxy) is 1. The maximum Gasteiger partial charge on any atom is 0.246 e. The van der Waals surface area contributed by atoms with Crippen LogP contribution in [0.15, 0.2) is 60.9 Å². The van der Waals surface area contributed by atoms with Gasteiger partial charge in [-0.25, -0.2) is 4.98 Å². The van der Waals surface area contributed by atoms with Gasteiger partial charge in [-0.2, -0.15) is 0 Å².